The molecule has 20 heavy (non-hydrogen) atoms. The van der Waals surface area contributed by atoms with Crippen LogP contribution in [-0.4, -0.2) is 37.3 Å². The van der Waals surface area contributed by atoms with Crippen LogP contribution in [0, 0.1) is 6.92 Å². The molecule has 0 bridgehead atoms. The summed E-state index contributed by atoms with van der Waals surface area (Å²) in [7, 11) is 0. The van der Waals surface area contributed by atoms with Gasteiger partial charge in [-0.2, -0.15) is 5.10 Å². The predicted octanol–water partition coefficient (Wildman–Crippen LogP) is 1.23. The number of carboxylic acid groups (broad SMARTS) is 1. The molecule has 1 aliphatic heterocycles. The highest BCUT2D eigenvalue weighted by Crippen LogP contribution is 2.27. The second kappa shape index (κ2) is 5.05. The molecular formula is C14H16N4O2. The average Bonchev–Trinajstić information content (AvgIpc) is 2.88. The molecule has 6 heteroatoms. The van der Waals surface area contributed by atoms with Crippen molar-refractivity contribution in [1.82, 2.24) is 19.7 Å². The van der Waals surface area contributed by atoms with E-state index in [1.54, 1.807) is 0 Å². The van der Waals surface area contributed by atoms with E-state index in [1.165, 1.54) is 6.33 Å². The van der Waals surface area contributed by atoms with Gasteiger partial charge in [-0.25, -0.2) is 9.67 Å². The van der Waals surface area contributed by atoms with E-state index in [2.05, 4.69) is 10.1 Å². The van der Waals surface area contributed by atoms with Gasteiger partial charge < -0.3 is 5.11 Å². The monoisotopic (exact) mass is 272 g/mol. The van der Waals surface area contributed by atoms with Crippen LogP contribution in [0.25, 0.3) is 0 Å². The minimum absolute atomic E-state index is 0.505. The van der Waals surface area contributed by atoms with E-state index in [0.717, 1.165) is 17.0 Å². The minimum atomic E-state index is -0.827. The number of benzene rings is 1. The highest BCUT2D eigenvalue weighted by Gasteiger charge is 2.31. The van der Waals surface area contributed by atoms with Gasteiger partial charge in [0.05, 0.1) is 13.1 Å². The minimum Gasteiger partial charge on any atom is -0.480 e. The maximum Gasteiger partial charge on any atom is 0.325 e. The molecule has 6 nitrogen and oxygen atoms in total. The molecule has 0 saturated heterocycles. The van der Waals surface area contributed by atoms with Crippen molar-refractivity contribution >= 4 is 5.97 Å². The highest BCUT2D eigenvalue weighted by molar-refractivity contribution is 5.76. The molecule has 0 radical (unpaired) electrons. The van der Waals surface area contributed by atoms with Crippen molar-refractivity contribution in [3.8, 4) is 0 Å². The smallest absolute Gasteiger partial charge is 0.325 e. The normalized spacial score (nSPS) is 16.6. The lowest BCUT2D eigenvalue weighted by atomic mass is 9.99. The Bertz CT molecular complexity index is 638. The zero-order chi connectivity index (χ0) is 14.1. The van der Waals surface area contributed by atoms with Gasteiger partial charge in [0, 0.05) is 6.54 Å². The third-order valence-corrected chi connectivity index (χ3v) is 3.72. The standard InChI is InChI=1S/C14H16N4O2/c1-10-4-2-3-5-11(10)13(14(19)20)17-6-7-18-12(8-17)15-9-16-18/h2-5,9,13H,6-8H2,1H3,(H,19,20)/t13-/m1/s1. The van der Waals surface area contributed by atoms with E-state index in [-0.39, 0.29) is 0 Å². The van der Waals surface area contributed by atoms with E-state index in [9.17, 15) is 9.90 Å². The summed E-state index contributed by atoms with van der Waals surface area (Å²) in [6.07, 6.45) is 1.52. The molecule has 104 valence electrons. The maximum absolute atomic E-state index is 11.7. The van der Waals surface area contributed by atoms with Crippen LogP contribution in [0.2, 0.25) is 0 Å². The molecule has 0 fully saturated rings. The van der Waals surface area contributed by atoms with Crippen molar-refractivity contribution in [1.29, 1.82) is 0 Å². The fourth-order valence-electron chi connectivity index (χ4n) is 2.68. The fraction of sp³-hybridized carbons (Fsp3) is 0.357. The second-order valence-electron chi connectivity index (χ2n) is 4.97. The predicted molar refractivity (Wildman–Crippen MR) is 72.0 cm³/mol. The highest BCUT2D eigenvalue weighted by atomic mass is 16.4. The number of aromatic nitrogens is 3. The lowest BCUT2D eigenvalue weighted by Gasteiger charge is -2.32. The van der Waals surface area contributed by atoms with E-state index in [1.807, 2.05) is 40.8 Å². The number of aliphatic carboxylic acids is 1. The molecule has 2 aromatic rings. The summed E-state index contributed by atoms with van der Waals surface area (Å²) in [6.45, 7) is 3.77. The van der Waals surface area contributed by atoms with Crippen molar-refractivity contribution in [3.05, 3.63) is 47.5 Å². The molecule has 3 rings (SSSR count). The summed E-state index contributed by atoms with van der Waals surface area (Å²) in [5.41, 5.74) is 1.83. The van der Waals surface area contributed by atoms with Gasteiger partial charge in [0.25, 0.3) is 0 Å². The first-order chi connectivity index (χ1) is 9.66. The van der Waals surface area contributed by atoms with Gasteiger partial charge in [0.2, 0.25) is 0 Å². The van der Waals surface area contributed by atoms with Gasteiger partial charge in [-0.15, -0.1) is 0 Å². The number of nitrogens with zero attached hydrogens (tertiary/aromatic N) is 4. The summed E-state index contributed by atoms with van der Waals surface area (Å²) in [5.74, 6) is -0.0108. The summed E-state index contributed by atoms with van der Waals surface area (Å²) in [6, 6.07) is 6.99. The molecule has 0 aliphatic carbocycles. The van der Waals surface area contributed by atoms with Crippen LogP contribution in [0.4, 0.5) is 0 Å². The van der Waals surface area contributed by atoms with E-state index in [0.29, 0.717) is 19.6 Å². The molecule has 1 N–H and O–H groups in total. The molecule has 1 aromatic carbocycles. The van der Waals surface area contributed by atoms with Crippen LogP contribution in [0.5, 0.6) is 0 Å². The molecule has 1 aliphatic rings. The van der Waals surface area contributed by atoms with Gasteiger partial charge >= 0.3 is 5.97 Å². The van der Waals surface area contributed by atoms with Crippen molar-refractivity contribution in [2.24, 2.45) is 0 Å². The van der Waals surface area contributed by atoms with Crippen LogP contribution in [0.15, 0.2) is 30.6 Å². The number of carbonyl (C=O) groups is 1. The Kier molecular flexibility index (Phi) is 3.23. The Morgan fingerprint density at radius 1 is 1.35 bits per heavy atom. The lowest BCUT2D eigenvalue weighted by molar-refractivity contribution is -0.144. The molecule has 0 saturated carbocycles. The first-order valence-corrected chi connectivity index (χ1v) is 6.56. The molecule has 2 heterocycles. The second-order valence-corrected chi connectivity index (χ2v) is 4.97. The molecule has 1 atom stereocenters. The lowest BCUT2D eigenvalue weighted by Crippen LogP contribution is -2.40. The first kappa shape index (κ1) is 12.8. The molecule has 0 spiro atoms. The van der Waals surface area contributed by atoms with Crippen LogP contribution >= 0.6 is 0 Å². The van der Waals surface area contributed by atoms with Crippen molar-refractivity contribution in [2.45, 2.75) is 26.1 Å². The number of hydrogen-bond donors (Lipinski definition) is 1. The van der Waals surface area contributed by atoms with Crippen LogP contribution in [-0.2, 0) is 17.9 Å². The zero-order valence-electron chi connectivity index (χ0n) is 11.2. The molecule has 1 aromatic heterocycles. The fourth-order valence-corrected chi connectivity index (χ4v) is 2.68. The Morgan fingerprint density at radius 3 is 2.90 bits per heavy atom. The maximum atomic E-state index is 11.7. The number of carboxylic acids is 1. The SMILES string of the molecule is Cc1ccccc1[C@H](C(=O)O)N1CCn2ncnc2C1. The average molecular weight is 272 g/mol. The Labute approximate surface area is 116 Å². The summed E-state index contributed by atoms with van der Waals surface area (Å²) in [5, 5.41) is 13.7. The summed E-state index contributed by atoms with van der Waals surface area (Å²) in [4.78, 5) is 17.8. The van der Waals surface area contributed by atoms with Gasteiger partial charge in [-0.3, -0.25) is 9.69 Å². The zero-order valence-corrected chi connectivity index (χ0v) is 11.2. The topological polar surface area (TPSA) is 71.2 Å². The number of hydrogen-bond acceptors (Lipinski definition) is 4. The van der Waals surface area contributed by atoms with Gasteiger partial charge in [0.15, 0.2) is 0 Å². The van der Waals surface area contributed by atoms with Crippen molar-refractivity contribution < 1.29 is 9.90 Å². The first-order valence-electron chi connectivity index (χ1n) is 6.56. The van der Waals surface area contributed by atoms with Crippen molar-refractivity contribution in [3.63, 3.8) is 0 Å². The Hall–Kier alpha value is -2.21. The van der Waals surface area contributed by atoms with Crippen molar-refractivity contribution in [2.75, 3.05) is 6.54 Å². The van der Waals surface area contributed by atoms with E-state index >= 15 is 0 Å². The van der Waals surface area contributed by atoms with Gasteiger partial charge in [0.1, 0.15) is 18.2 Å². The largest absolute Gasteiger partial charge is 0.480 e. The van der Waals surface area contributed by atoms with Crippen LogP contribution in [0.3, 0.4) is 0 Å². The number of fused-ring (bicyclic) bond motifs is 1. The molecule has 0 amide bonds. The van der Waals surface area contributed by atoms with E-state index < -0.39 is 12.0 Å². The Morgan fingerprint density at radius 2 is 2.15 bits per heavy atom. The number of rotatable bonds is 3. The van der Waals surface area contributed by atoms with E-state index in [4.69, 9.17) is 0 Å². The molecule has 0 unspecified atom stereocenters. The Balaban J connectivity index is 1.93. The summed E-state index contributed by atoms with van der Waals surface area (Å²) < 4.78 is 1.83. The van der Waals surface area contributed by atoms with Gasteiger partial charge in [-0.1, -0.05) is 24.3 Å². The third-order valence-electron chi connectivity index (χ3n) is 3.72. The quantitative estimate of drug-likeness (QED) is 0.910. The summed E-state index contributed by atoms with van der Waals surface area (Å²) >= 11 is 0. The molecular weight excluding hydrogens is 256 g/mol. The number of aryl methyl sites for hydroxylation is 1. The van der Waals surface area contributed by atoms with Crippen LogP contribution in [0.1, 0.15) is 23.0 Å². The van der Waals surface area contributed by atoms with Gasteiger partial charge in [-0.05, 0) is 18.1 Å². The third kappa shape index (κ3) is 2.18. The van der Waals surface area contributed by atoms with Crippen LogP contribution < -0.4 is 0 Å².